The number of amides is 1. The molecule has 166 valence electrons. The van der Waals surface area contributed by atoms with Gasteiger partial charge < -0.3 is 25.1 Å². The normalized spacial score (nSPS) is 12.8. The highest BCUT2D eigenvalue weighted by Crippen LogP contribution is 2.29. The molecule has 0 unspecified atom stereocenters. The summed E-state index contributed by atoms with van der Waals surface area (Å²) in [4.78, 5) is 30.4. The zero-order chi connectivity index (χ0) is 25.5. The number of hydrogen-bond donors (Lipinski definition) is 3. The zero-order valence-electron chi connectivity index (χ0n) is 21.2. The first-order valence-corrected chi connectivity index (χ1v) is 10.0. The Hall–Kier alpha value is -4.08. The van der Waals surface area contributed by atoms with E-state index in [2.05, 4.69) is 20.7 Å². The van der Waals surface area contributed by atoms with E-state index in [-0.39, 0.29) is 16.9 Å². The van der Waals surface area contributed by atoms with E-state index in [0.717, 1.165) is 11.1 Å². The highest BCUT2D eigenvalue weighted by Gasteiger charge is 2.19. The van der Waals surface area contributed by atoms with Crippen LogP contribution in [0.4, 0.5) is 23.1 Å². The molecule has 4 aromatic heterocycles. The number of pyridine rings is 2. The predicted octanol–water partition coefficient (Wildman–Crippen LogP) is 2.64. The number of nitrogens with one attached hydrogen (secondary N) is 3. The van der Waals surface area contributed by atoms with Crippen molar-refractivity contribution >= 4 is 40.0 Å². The van der Waals surface area contributed by atoms with Gasteiger partial charge in [0.05, 0.1) is 22.2 Å². The summed E-state index contributed by atoms with van der Waals surface area (Å²) in [5.41, 5.74) is 1.93. The molecule has 0 aromatic carbocycles. The van der Waals surface area contributed by atoms with Crippen LogP contribution in [0.15, 0.2) is 41.6 Å². The van der Waals surface area contributed by atoms with E-state index in [1.807, 2.05) is 30.8 Å². The van der Waals surface area contributed by atoms with Crippen molar-refractivity contribution in [3.05, 3.63) is 58.3 Å². The quantitative estimate of drug-likeness (QED) is 0.428. The van der Waals surface area contributed by atoms with Gasteiger partial charge in [-0.05, 0) is 31.5 Å². The minimum Gasteiger partial charge on any atom is -0.355 e. The maximum atomic E-state index is 13.2. The molecule has 1 amide bonds. The largest absolute Gasteiger partial charge is 0.355 e. The van der Waals surface area contributed by atoms with Crippen molar-refractivity contribution in [3.8, 4) is 0 Å². The number of aryl methyl sites for hydroxylation is 4. The molecule has 4 rings (SSSR count). The van der Waals surface area contributed by atoms with Crippen molar-refractivity contribution in [2.45, 2.75) is 20.4 Å². The molecule has 0 radical (unpaired) electrons. The standard InChI is InChI=1S/C22H26N8O2/c1-6-30-11-13(2)19-18(22(30)32)15(12-28(19)4)24-20-14(21(31)23-3)7-8-16(26-20)25-17-9-10-29(5)27-17/h7-12H,6H2,1-5H3,(H,23,31)(H2,24,25,26,27)/i3D3. The fraction of sp³-hybridized carbons (Fsp3) is 0.273. The molecule has 3 N–H and O–H groups in total. The van der Waals surface area contributed by atoms with Gasteiger partial charge in [0.15, 0.2) is 5.82 Å². The summed E-state index contributed by atoms with van der Waals surface area (Å²) in [6.45, 7) is 1.62. The summed E-state index contributed by atoms with van der Waals surface area (Å²) in [7, 11) is 3.60. The van der Waals surface area contributed by atoms with Crippen molar-refractivity contribution in [3.63, 3.8) is 0 Å². The van der Waals surface area contributed by atoms with Gasteiger partial charge in [0, 0.05) is 56.4 Å². The number of anilines is 4. The second kappa shape index (κ2) is 8.22. The number of aromatic nitrogens is 5. The minimum absolute atomic E-state index is 0.00756. The Morgan fingerprint density at radius 2 is 1.97 bits per heavy atom. The van der Waals surface area contributed by atoms with Gasteiger partial charge in [0.1, 0.15) is 11.6 Å². The second-order valence-electron chi connectivity index (χ2n) is 7.45. The molecule has 0 saturated heterocycles. The summed E-state index contributed by atoms with van der Waals surface area (Å²) < 4.78 is 27.2. The van der Waals surface area contributed by atoms with Crippen LogP contribution in [-0.4, -0.2) is 36.8 Å². The van der Waals surface area contributed by atoms with Gasteiger partial charge in [-0.25, -0.2) is 4.98 Å². The highest BCUT2D eigenvalue weighted by atomic mass is 16.1. The first-order valence-electron chi connectivity index (χ1n) is 11.5. The van der Waals surface area contributed by atoms with E-state index in [4.69, 9.17) is 4.11 Å². The third kappa shape index (κ3) is 3.70. The molecule has 0 bridgehead atoms. The zero-order valence-corrected chi connectivity index (χ0v) is 18.2. The molecule has 4 aromatic rings. The Kier molecular flexibility index (Phi) is 4.51. The molecule has 0 atom stereocenters. The average molecular weight is 438 g/mol. The molecule has 32 heavy (non-hydrogen) atoms. The lowest BCUT2D eigenvalue weighted by atomic mass is 10.2. The SMILES string of the molecule is [2H]C([2H])([2H])NC(=O)c1ccc(Nc2ccn(C)n2)nc1Nc1cn(C)c2c(C)cn(CC)c(=O)c12. The molecule has 10 heteroatoms. The number of fused-ring (bicyclic) bond motifs is 1. The van der Waals surface area contributed by atoms with E-state index in [1.54, 1.807) is 47.0 Å². The average Bonchev–Trinajstić information content (AvgIpc) is 3.32. The number of rotatable bonds is 6. The summed E-state index contributed by atoms with van der Waals surface area (Å²) >= 11 is 0. The van der Waals surface area contributed by atoms with E-state index < -0.39 is 12.9 Å². The van der Waals surface area contributed by atoms with Crippen molar-refractivity contribution < 1.29 is 8.91 Å². The van der Waals surface area contributed by atoms with Gasteiger partial charge in [0.2, 0.25) is 0 Å². The van der Waals surface area contributed by atoms with Crippen molar-refractivity contribution in [1.82, 2.24) is 29.2 Å². The highest BCUT2D eigenvalue weighted by molar-refractivity contribution is 6.02. The first-order chi connectivity index (χ1) is 16.5. The molecule has 0 saturated carbocycles. The van der Waals surface area contributed by atoms with Crippen LogP contribution >= 0.6 is 0 Å². The van der Waals surface area contributed by atoms with Crippen LogP contribution in [0.25, 0.3) is 10.9 Å². The molecule has 0 aliphatic rings. The van der Waals surface area contributed by atoms with Crippen LogP contribution in [0.5, 0.6) is 0 Å². The lowest BCUT2D eigenvalue weighted by molar-refractivity contribution is 0.0963. The van der Waals surface area contributed by atoms with Crippen LogP contribution in [0.3, 0.4) is 0 Å². The predicted molar refractivity (Wildman–Crippen MR) is 125 cm³/mol. The van der Waals surface area contributed by atoms with Crippen molar-refractivity contribution in [2.24, 2.45) is 14.1 Å². The summed E-state index contributed by atoms with van der Waals surface area (Å²) in [5, 5.41) is 12.8. The maximum absolute atomic E-state index is 13.2. The summed E-state index contributed by atoms with van der Waals surface area (Å²) in [6, 6.07) is 4.76. The van der Waals surface area contributed by atoms with Gasteiger partial charge in [0.25, 0.3) is 11.5 Å². The van der Waals surface area contributed by atoms with Gasteiger partial charge in [-0.15, -0.1) is 0 Å². The van der Waals surface area contributed by atoms with Crippen LogP contribution in [0.2, 0.25) is 0 Å². The lowest BCUT2D eigenvalue weighted by Gasteiger charge is -2.12. The number of hydrogen-bond acceptors (Lipinski definition) is 6. The Morgan fingerprint density at radius 1 is 1.16 bits per heavy atom. The monoisotopic (exact) mass is 437 g/mol. The first kappa shape index (κ1) is 17.6. The minimum atomic E-state index is -2.68. The summed E-state index contributed by atoms with van der Waals surface area (Å²) in [5.74, 6) is 0.173. The molecule has 0 aliphatic heterocycles. The Labute approximate surface area is 189 Å². The smallest absolute Gasteiger partial charge is 0.262 e. The molecule has 4 heterocycles. The molecule has 10 nitrogen and oxygen atoms in total. The number of nitrogens with zero attached hydrogens (tertiary/aromatic N) is 5. The molecule has 0 aliphatic carbocycles. The third-order valence-corrected chi connectivity index (χ3v) is 5.20. The van der Waals surface area contributed by atoms with Crippen molar-refractivity contribution in [2.75, 3.05) is 17.6 Å². The van der Waals surface area contributed by atoms with Gasteiger partial charge >= 0.3 is 0 Å². The number of carbonyl (C=O) groups is 1. The van der Waals surface area contributed by atoms with E-state index in [0.29, 0.717) is 29.3 Å². The Balaban J connectivity index is 1.83. The summed E-state index contributed by atoms with van der Waals surface area (Å²) in [6.07, 6.45) is 5.31. The van der Waals surface area contributed by atoms with E-state index in [1.165, 1.54) is 6.07 Å². The number of carbonyl (C=O) groups excluding carboxylic acids is 1. The molecular formula is C22H26N8O2. The van der Waals surface area contributed by atoms with Crippen molar-refractivity contribution in [1.29, 1.82) is 0 Å². The Morgan fingerprint density at radius 3 is 2.66 bits per heavy atom. The fourth-order valence-electron chi connectivity index (χ4n) is 3.76. The van der Waals surface area contributed by atoms with E-state index in [9.17, 15) is 9.59 Å². The third-order valence-electron chi connectivity index (χ3n) is 5.20. The van der Waals surface area contributed by atoms with Gasteiger partial charge in [-0.1, -0.05) is 0 Å². The fourth-order valence-corrected chi connectivity index (χ4v) is 3.76. The maximum Gasteiger partial charge on any atom is 0.262 e. The van der Waals surface area contributed by atoms with Crippen LogP contribution in [0, 0.1) is 6.92 Å². The topological polar surface area (TPSA) is 111 Å². The van der Waals surface area contributed by atoms with Gasteiger partial charge in [-0.2, -0.15) is 5.10 Å². The lowest BCUT2D eigenvalue weighted by Crippen LogP contribution is -2.21. The molecule has 0 spiro atoms. The Bertz CT molecular complexity index is 1480. The van der Waals surface area contributed by atoms with Crippen LogP contribution in [-0.2, 0) is 20.6 Å². The van der Waals surface area contributed by atoms with Gasteiger partial charge in [-0.3, -0.25) is 14.3 Å². The second-order valence-corrected chi connectivity index (χ2v) is 7.45. The van der Waals surface area contributed by atoms with E-state index >= 15 is 0 Å². The molecular weight excluding hydrogens is 408 g/mol. The molecule has 0 fully saturated rings. The van der Waals surface area contributed by atoms with Crippen LogP contribution in [0.1, 0.15) is 27.0 Å². The van der Waals surface area contributed by atoms with Crippen LogP contribution < -0.4 is 21.5 Å².